The summed E-state index contributed by atoms with van der Waals surface area (Å²) < 4.78 is 11.1. The van der Waals surface area contributed by atoms with Crippen molar-refractivity contribution in [1.82, 2.24) is 4.90 Å². The second-order valence-electron chi connectivity index (χ2n) is 7.79. The number of para-hydroxylation sites is 1. The lowest BCUT2D eigenvalue weighted by atomic mass is 9.73. The molecular formula is C23H24N2O5. The minimum Gasteiger partial charge on any atom is -0.468 e. The van der Waals surface area contributed by atoms with Gasteiger partial charge < -0.3 is 19.7 Å². The lowest BCUT2D eigenvalue weighted by Gasteiger charge is -2.51. The summed E-state index contributed by atoms with van der Waals surface area (Å²) in [4.78, 5) is 39.6. The second-order valence-corrected chi connectivity index (χ2v) is 7.79. The summed E-state index contributed by atoms with van der Waals surface area (Å²) in [6.07, 6.45) is 0.534. The summed E-state index contributed by atoms with van der Waals surface area (Å²) in [6, 6.07) is 14.0. The number of anilines is 1. The predicted octanol–water partition coefficient (Wildman–Crippen LogP) is 3.17. The molecule has 2 amide bonds. The zero-order chi connectivity index (χ0) is 21.5. The van der Waals surface area contributed by atoms with Gasteiger partial charge in [0.2, 0.25) is 11.8 Å². The van der Waals surface area contributed by atoms with Gasteiger partial charge in [0.05, 0.1) is 12.2 Å². The number of benzene rings is 2. The van der Waals surface area contributed by atoms with E-state index >= 15 is 0 Å². The summed E-state index contributed by atoms with van der Waals surface area (Å²) in [7, 11) is 1.67. The zero-order valence-corrected chi connectivity index (χ0v) is 17.2. The fraction of sp³-hybridized carbons (Fsp3) is 0.348. The van der Waals surface area contributed by atoms with Crippen molar-refractivity contribution < 1.29 is 23.9 Å². The molecule has 1 N–H and O–H groups in total. The van der Waals surface area contributed by atoms with E-state index in [4.69, 9.17) is 9.47 Å². The first-order chi connectivity index (χ1) is 14.3. The molecule has 156 valence electrons. The Bertz CT molecular complexity index is 1000. The van der Waals surface area contributed by atoms with Gasteiger partial charge in [0.15, 0.2) is 5.72 Å². The van der Waals surface area contributed by atoms with Crippen LogP contribution in [0.5, 0.6) is 5.75 Å². The Morgan fingerprint density at radius 3 is 2.60 bits per heavy atom. The normalized spacial score (nSPS) is 24.5. The van der Waals surface area contributed by atoms with Gasteiger partial charge in [0, 0.05) is 25.1 Å². The number of rotatable bonds is 4. The van der Waals surface area contributed by atoms with Crippen molar-refractivity contribution in [1.29, 1.82) is 0 Å². The van der Waals surface area contributed by atoms with E-state index in [0.29, 0.717) is 30.0 Å². The number of piperidine rings is 1. The Hall–Kier alpha value is -3.35. The third-order valence-electron chi connectivity index (χ3n) is 5.90. The van der Waals surface area contributed by atoms with Crippen molar-refractivity contribution in [2.75, 3.05) is 19.0 Å². The number of hydrogen-bond donors (Lipinski definition) is 1. The maximum absolute atomic E-state index is 13.2. The Morgan fingerprint density at radius 1 is 1.20 bits per heavy atom. The molecule has 0 radical (unpaired) electrons. The molecular weight excluding hydrogens is 384 g/mol. The van der Waals surface area contributed by atoms with Gasteiger partial charge in [-0.05, 0) is 49.7 Å². The van der Waals surface area contributed by atoms with Crippen LogP contribution in [0.4, 0.5) is 5.69 Å². The average Bonchev–Trinajstić information content (AvgIpc) is 2.73. The molecule has 2 bridgehead atoms. The maximum atomic E-state index is 13.2. The maximum Gasteiger partial charge on any atom is 0.338 e. The van der Waals surface area contributed by atoms with Crippen LogP contribution in [0.3, 0.4) is 0 Å². The second kappa shape index (κ2) is 7.48. The summed E-state index contributed by atoms with van der Waals surface area (Å²) in [5.41, 5.74) is 0.998. The molecule has 30 heavy (non-hydrogen) atoms. The molecule has 0 spiro atoms. The highest BCUT2D eigenvalue weighted by molar-refractivity contribution is 6.08. The molecule has 7 heteroatoms. The number of nitrogens with zero attached hydrogens (tertiary/aromatic N) is 1. The minimum atomic E-state index is -0.863. The van der Waals surface area contributed by atoms with E-state index < -0.39 is 17.6 Å². The van der Waals surface area contributed by atoms with E-state index in [1.165, 1.54) is 4.90 Å². The van der Waals surface area contributed by atoms with Gasteiger partial charge in [-0.15, -0.1) is 0 Å². The first kappa shape index (κ1) is 19.9. The number of fused-ring (bicyclic) bond motifs is 4. The Kier molecular flexibility index (Phi) is 4.97. The number of amides is 2. The van der Waals surface area contributed by atoms with Gasteiger partial charge >= 0.3 is 5.97 Å². The van der Waals surface area contributed by atoms with Crippen molar-refractivity contribution in [2.24, 2.45) is 5.92 Å². The van der Waals surface area contributed by atoms with E-state index in [1.807, 2.05) is 31.2 Å². The highest BCUT2D eigenvalue weighted by atomic mass is 16.5. The third-order valence-corrected chi connectivity index (χ3v) is 5.90. The van der Waals surface area contributed by atoms with Gasteiger partial charge in [-0.25, -0.2) is 4.79 Å². The van der Waals surface area contributed by atoms with E-state index in [0.717, 1.165) is 5.56 Å². The fourth-order valence-electron chi connectivity index (χ4n) is 4.21. The Balaban J connectivity index is 1.59. The molecule has 0 aromatic heterocycles. The summed E-state index contributed by atoms with van der Waals surface area (Å²) >= 11 is 0. The van der Waals surface area contributed by atoms with Gasteiger partial charge in [0.25, 0.3) is 0 Å². The van der Waals surface area contributed by atoms with Crippen LogP contribution in [0.1, 0.15) is 42.1 Å². The molecule has 3 atom stereocenters. The lowest BCUT2D eigenvalue weighted by Crippen LogP contribution is -2.62. The first-order valence-corrected chi connectivity index (χ1v) is 9.97. The van der Waals surface area contributed by atoms with Crippen LogP contribution < -0.4 is 10.1 Å². The molecule has 1 fully saturated rings. The van der Waals surface area contributed by atoms with Gasteiger partial charge in [0.1, 0.15) is 11.7 Å². The number of carbonyl (C=O) groups excluding carboxylic acids is 3. The molecule has 2 heterocycles. The van der Waals surface area contributed by atoms with Crippen LogP contribution in [0.2, 0.25) is 0 Å². The fourth-order valence-corrected chi connectivity index (χ4v) is 4.21. The number of hydrogen-bond acceptors (Lipinski definition) is 5. The molecule has 2 aromatic carbocycles. The van der Waals surface area contributed by atoms with E-state index in [1.54, 1.807) is 38.2 Å². The topological polar surface area (TPSA) is 84.9 Å². The number of carbonyl (C=O) groups is 3. The molecule has 4 rings (SSSR count). The monoisotopic (exact) mass is 408 g/mol. The van der Waals surface area contributed by atoms with Gasteiger partial charge in [-0.3, -0.25) is 9.59 Å². The van der Waals surface area contributed by atoms with Crippen molar-refractivity contribution in [3.05, 3.63) is 59.7 Å². The highest BCUT2D eigenvalue weighted by Crippen LogP contribution is 2.49. The summed E-state index contributed by atoms with van der Waals surface area (Å²) in [6.45, 7) is 3.90. The zero-order valence-electron chi connectivity index (χ0n) is 17.2. The van der Waals surface area contributed by atoms with Crippen LogP contribution in [0.15, 0.2) is 48.5 Å². The number of esters is 1. The van der Waals surface area contributed by atoms with Crippen LogP contribution in [-0.2, 0) is 14.3 Å². The number of ether oxygens (including phenoxy) is 2. The Morgan fingerprint density at radius 2 is 1.90 bits per heavy atom. The SMILES string of the molecule is CCOC(=O)c1ccc(NC(=O)[C@@H]2C(=O)N(C)[C@]3(C)C[C@H]2c2ccccc2O3)cc1. The summed E-state index contributed by atoms with van der Waals surface area (Å²) in [5, 5.41) is 2.83. The molecule has 0 aliphatic carbocycles. The van der Waals surface area contributed by atoms with Crippen molar-refractivity contribution >= 4 is 23.5 Å². The number of nitrogens with one attached hydrogen (secondary N) is 1. The molecule has 7 nitrogen and oxygen atoms in total. The van der Waals surface area contributed by atoms with Crippen LogP contribution in [-0.4, -0.2) is 42.1 Å². The predicted molar refractivity (Wildman–Crippen MR) is 110 cm³/mol. The molecule has 2 aromatic rings. The molecule has 2 aliphatic rings. The first-order valence-electron chi connectivity index (χ1n) is 9.97. The average molecular weight is 408 g/mol. The quantitative estimate of drug-likeness (QED) is 0.620. The molecule has 1 saturated heterocycles. The molecule has 0 saturated carbocycles. The third kappa shape index (κ3) is 3.30. The van der Waals surface area contributed by atoms with Crippen LogP contribution in [0, 0.1) is 5.92 Å². The highest BCUT2D eigenvalue weighted by Gasteiger charge is 2.54. The summed E-state index contributed by atoms with van der Waals surface area (Å²) in [5.74, 6) is -1.51. The van der Waals surface area contributed by atoms with Crippen molar-refractivity contribution in [2.45, 2.75) is 31.9 Å². The smallest absolute Gasteiger partial charge is 0.338 e. The molecule has 0 unspecified atom stereocenters. The van der Waals surface area contributed by atoms with Gasteiger partial charge in [-0.2, -0.15) is 0 Å². The number of likely N-dealkylation sites (tertiary alicyclic amines) is 1. The van der Waals surface area contributed by atoms with Crippen LogP contribution in [0.25, 0.3) is 0 Å². The van der Waals surface area contributed by atoms with Crippen LogP contribution >= 0.6 is 0 Å². The minimum absolute atomic E-state index is 0.274. The van der Waals surface area contributed by atoms with Crippen molar-refractivity contribution in [3.8, 4) is 5.75 Å². The lowest BCUT2D eigenvalue weighted by molar-refractivity contribution is -0.170. The Labute approximate surface area is 175 Å². The van der Waals surface area contributed by atoms with E-state index in [-0.39, 0.29) is 17.7 Å². The van der Waals surface area contributed by atoms with Gasteiger partial charge in [-0.1, -0.05) is 18.2 Å². The van der Waals surface area contributed by atoms with Crippen molar-refractivity contribution in [3.63, 3.8) is 0 Å². The van der Waals surface area contributed by atoms with E-state index in [9.17, 15) is 14.4 Å². The van der Waals surface area contributed by atoms with E-state index in [2.05, 4.69) is 5.32 Å². The molecule has 2 aliphatic heterocycles. The largest absolute Gasteiger partial charge is 0.468 e. The standard InChI is InChI=1S/C23H24N2O5/c1-4-29-22(28)14-9-11-15(12-10-14)24-20(26)19-17-13-23(2,25(3)21(19)27)30-18-8-6-5-7-16(17)18/h5-12,17,19H,4,13H2,1-3H3,(H,24,26)/t17-,19+,23-/m0/s1.